The molecule has 0 atom stereocenters. The van der Waals surface area contributed by atoms with E-state index >= 15 is 0 Å². The molecule has 0 amide bonds. The van der Waals surface area contributed by atoms with Crippen LogP contribution in [0.15, 0.2) is 44.2 Å². The summed E-state index contributed by atoms with van der Waals surface area (Å²) in [5, 5.41) is 0.618. The lowest BCUT2D eigenvalue weighted by atomic mass is 10.3. The van der Waals surface area contributed by atoms with Crippen LogP contribution < -0.4 is 4.90 Å². The Morgan fingerprint density at radius 1 is 1.33 bits per heavy atom. The average Bonchev–Trinajstić information content (AvgIpc) is 2.70. The minimum absolute atomic E-state index is 0.618. The molecule has 0 aliphatic carbocycles. The van der Waals surface area contributed by atoms with Gasteiger partial charge in [0.25, 0.3) is 0 Å². The van der Waals surface area contributed by atoms with E-state index in [1.54, 1.807) is 12.3 Å². The van der Waals surface area contributed by atoms with Crippen LogP contribution >= 0.6 is 27.5 Å². The monoisotopic (exact) mass is 326 g/mol. The molecule has 3 nitrogen and oxygen atoms in total. The molecular formula is C13H12BrClN2O. The fourth-order valence-corrected chi connectivity index (χ4v) is 2.28. The Labute approximate surface area is 119 Å². The summed E-state index contributed by atoms with van der Waals surface area (Å²) < 4.78 is 6.52. The van der Waals surface area contributed by atoms with Gasteiger partial charge < -0.3 is 9.32 Å². The zero-order chi connectivity index (χ0) is 13.1. The third-order valence-electron chi connectivity index (χ3n) is 2.28. The Morgan fingerprint density at radius 3 is 2.67 bits per heavy atom. The second-order valence-electron chi connectivity index (χ2n) is 3.91. The lowest BCUT2D eigenvalue weighted by Crippen LogP contribution is -2.07. The first kappa shape index (κ1) is 13.2. The highest BCUT2D eigenvalue weighted by Gasteiger charge is 2.09. The van der Waals surface area contributed by atoms with Crippen molar-refractivity contribution in [2.45, 2.75) is 0 Å². The van der Waals surface area contributed by atoms with Crippen molar-refractivity contribution in [3.05, 3.63) is 45.6 Å². The Kier molecular flexibility index (Phi) is 4.09. The highest BCUT2D eigenvalue weighted by molar-refractivity contribution is 9.10. The molecule has 0 spiro atoms. The Hall–Kier alpha value is -1.26. The smallest absolute Gasteiger partial charge is 0.210 e. The molecular weight excluding hydrogens is 316 g/mol. The second kappa shape index (κ2) is 5.59. The van der Waals surface area contributed by atoms with Crippen molar-refractivity contribution < 1.29 is 4.42 Å². The van der Waals surface area contributed by atoms with Crippen LogP contribution in [0.1, 0.15) is 5.76 Å². The highest BCUT2D eigenvalue weighted by Crippen LogP contribution is 2.29. The van der Waals surface area contributed by atoms with Gasteiger partial charge in [-0.1, -0.05) is 23.7 Å². The van der Waals surface area contributed by atoms with E-state index in [2.05, 4.69) is 20.9 Å². The molecule has 0 bridgehead atoms. The zero-order valence-electron chi connectivity index (χ0n) is 10.0. The molecule has 0 saturated heterocycles. The first-order chi connectivity index (χ1) is 8.58. The van der Waals surface area contributed by atoms with Gasteiger partial charge in [-0.15, -0.1) is 0 Å². The predicted octanol–water partition coefficient (Wildman–Crippen LogP) is 4.51. The van der Waals surface area contributed by atoms with Gasteiger partial charge in [-0.25, -0.2) is 0 Å². The number of halogens is 2. The minimum atomic E-state index is 0.618. The molecule has 1 heterocycles. The molecule has 0 fully saturated rings. The van der Waals surface area contributed by atoms with Crippen molar-refractivity contribution in [1.29, 1.82) is 0 Å². The number of furan rings is 1. The normalized spacial score (nSPS) is 11.1. The van der Waals surface area contributed by atoms with Crippen molar-refractivity contribution in [2.24, 2.45) is 4.99 Å². The van der Waals surface area contributed by atoms with Crippen molar-refractivity contribution in [3.63, 3.8) is 0 Å². The van der Waals surface area contributed by atoms with Gasteiger partial charge >= 0.3 is 0 Å². The Morgan fingerprint density at radius 2 is 2.06 bits per heavy atom. The molecule has 2 aromatic rings. The SMILES string of the molecule is CN(C)c1oc(C=Nc2ccccc2Cl)cc1Br. The number of anilines is 1. The standard InChI is InChI=1S/C13H12BrClN2O/c1-17(2)13-10(14)7-9(18-13)8-16-12-6-4-3-5-11(12)15/h3-8H,1-2H3. The third-order valence-corrected chi connectivity index (χ3v) is 3.17. The van der Waals surface area contributed by atoms with Gasteiger partial charge in [-0.2, -0.15) is 0 Å². The van der Waals surface area contributed by atoms with E-state index < -0.39 is 0 Å². The van der Waals surface area contributed by atoms with Gasteiger partial charge in [0.2, 0.25) is 5.88 Å². The molecule has 18 heavy (non-hydrogen) atoms. The Bertz CT molecular complexity index is 578. The van der Waals surface area contributed by atoms with Crippen LogP contribution in [0.25, 0.3) is 0 Å². The number of nitrogens with zero attached hydrogens (tertiary/aromatic N) is 2. The van der Waals surface area contributed by atoms with Gasteiger partial charge in [0.1, 0.15) is 5.76 Å². The fraction of sp³-hybridized carbons (Fsp3) is 0.154. The zero-order valence-corrected chi connectivity index (χ0v) is 12.4. The number of benzene rings is 1. The average molecular weight is 328 g/mol. The first-order valence-corrected chi connectivity index (χ1v) is 6.50. The summed E-state index contributed by atoms with van der Waals surface area (Å²) in [7, 11) is 3.83. The second-order valence-corrected chi connectivity index (χ2v) is 5.17. The topological polar surface area (TPSA) is 28.7 Å². The summed E-state index contributed by atoms with van der Waals surface area (Å²) in [5.74, 6) is 1.43. The summed E-state index contributed by atoms with van der Waals surface area (Å²) in [6, 6.07) is 9.29. The molecule has 0 N–H and O–H groups in total. The maximum Gasteiger partial charge on any atom is 0.210 e. The number of aliphatic imine (C=N–C) groups is 1. The van der Waals surface area contributed by atoms with Crippen LogP contribution in [0.3, 0.4) is 0 Å². The molecule has 1 aromatic carbocycles. The van der Waals surface area contributed by atoms with Crippen LogP contribution in [0.2, 0.25) is 5.02 Å². The molecule has 2 rings (SSSR count). The van der Waals surface area contributed by atoms with E-state index in [0.29, 0.717) is 10.8 Å². The summed E-state index contributed by atoms with van der Waals surface area (Å²) in [6.45, 7) is 0. The molecule has 0 unspecified atom stereocenters. The molecule has 0 aliphatic rings. The highest BCUT2D eigenvalue weighted by atomic mass is 79.9. The van der Waals surface area contributed by atoms with Crippen LogP contribution in [0.5, 0.6) is 0 Å². The molecule has 5 heteroatoms. The predicted molar refractivity (Wildman–Crippen MR) is 79.4 cm³/mol. The quantitative estimate of drug-likeness (QED) is 0.776. The molecule has 0 saturated carbocycles. The van der Waals surface area contributed by atoms with E-state index in [0.717, 1.165) is 16.0 Å². The maximum atomic E-state index is 6.02. The number of hydrogen-bond acceptors (Lipinski definition) is 3. The van der Waals surface area contributed by atoms with Crippen molar-refractivity contribution in [1.82, 2.24) is 0 Å². The lowest BCUT2D eigenvalue weighted by Gasteiger charge is -2.07. The van der Waals surface area contributed by atoms with E-state index in [1.807, 2.05) is 43.3 Å². The van der Waals surface area contributed by atoms with Gasteiger partial charge in [0, 0.05) is 20.2 Å². The molecule has 0 radical (unpaired) electrons. The van der Waals surface area contributed by atoms with Gasteiger partial charge in [-0.3, -0.25) is 4.99 Å². The number of rotatable bonds is 3. The van der Waals surface area contributed by atoms with Crippen molar-refractivity contribution in [2.75, 3.05) is 19.0 Å². The van der Waals surface area contributed by atoms with Crippen molar-refractivity contribution in [3.8, 4) is 0 Å². The molecule has 1 aromatic heterocycles. The van der Waals surface area contributed by atoms with Gasteiger partial charge in [0.15, 0.2) is 0 Å². The summed E-state index contributed by atoms with van der Waals surface area (Å²) in [4.78, 5) is 6.19. The van der Waals surface area contributed by atoms with E-state index in [1.165, 1.54) is 0 Å². The summed E-state index contributed by atoms with van der Waals surface area (Å²) in [6.07, 6.45) is 1.65. The van der Waals surface area contributed by atoms with Crippen molar-refractivity contribution >= 4 is 45.3 Å². The molecule has 94 valence electrons. The van der Waals surface area contributed by atoms with Crippen LogP contribution in [-0.2, 0) is 0 Å². The van der Waals surface area contributed by atoms with Crippen LogP contribution in [0.4, 0.5) is 11.6 Å². The third kappa shape index (κ3) is 2.94. The number of hydrogen-bond donors (Lipinski definition) is 0. The Balaban J connectivity index is 2.24. The first-order valence-electron chi connectivity index (χ1n) is 5.33. The largest absolute Gasteiger partial charge is 0.438 e. The van der Waals surface area contributed by atoms with E-state index in [9.17, 15) is 0 Å². The summed E-state index contributed by atoms with van der Waals surface area (Å²) in [5.41, 5.74) is 0.720. The fourth-order valence-electron chi connectivity index (χ4n) is 1.43. The van der Waals surface area contributed by atoms with E-state index in [-0.39, 0.29) is 0 Å². The van der Waals surface area contributed by atoms with Gasteiger partial charge in [-0.05, 0) is 28.1 Å². The minimum Gasteiger partial charge on any atom is -0.438 e. The van der Waals surface area contributed by atoms with Gasteiger partial charge in [0.05, 0.1) is 21.4 Å². The van der Waals surface area contributed by atoms with Crippen LogP contribution in [0, 0.1) is 0 Å². The van der Waals surface area contributed by atoms with Crippen LogP contribution in [-0.4, -0.2) is 20.3 Å². The number of para-hydroxylation sites is 1. The lowest BCUT2D eigenvalue weighted by molar-refractivity contribution is 0.557. The maximum absolute atomic E-state index is 6.02. The van der Waals surface area contributed by atoms with E-state index in [4.69, 9.17) is 16.0 Å². The molecule has 0 aliphatic heterocycles. The summed E-state index contributed by atoms with van der Waals surface area (Å²) >= 11 is 9.45.